The van der Waals surface area contributed by atoms with E-state index in [1.54, 1.807) is 0 Å². The third-order valence-corrected chi connectivity index (χ3v) is 4.26. The minimum absolute atomic E-state index is 0.411. The van der Waals surface area contributed by atoms with Crippen molar-refractivity contribution in [3.8, 4) is 0 Å². The summed E-state index contributed by atoms with van der Waals surface area (Å²) in [5, 5.41) is 2.52. The van der Waals surface area contributed by atoms with Gasteiger partial charge in [0.2, 0.25) is 5.91 Å². The fourth-order valence-electron chi connectivity index (χ4n) is 3.43. The van der Waals surface area contributed by atoms with Crippen molar-refractivity contribution in [2.45, 2.75) is 72.0 Å². The van der Waals surface area contributed by atoms with Gasteiger partial charge in [0.1, 0.15) is 18.8 Å². The van der Waals surface area contributed by atoms with E-state index in [0.717, 1.165) is 34.6 Å². The molecule has 1 fully saturated rings. The number of hydrogen-bond acceptors (Lipinski definition) is 11. The second-order valence-corrected chi connectivity index (χ2v) is 6.99. The standard InChI is InChI=1S/C19H27NO11/c1-8(21)20-15-16(28-10(3)23)14(7-27-9(2)22)17(29-11(4)24)19(31-13(6)26)18(15)30-12(5)25/h14-19H,7H2,1-6H3,(H,20,21)/t14-,15-,16+,17+,18-,19-/m0/s1. The van der Waals surface area contributed by atoms with Crippen molar-refractivity contribution in [3.05, 3.63) is 0 Å². The Bertz CT molecular complexity index is 690. The van der Waals surface area contributed by atoms with Gasteiger partial charge in [0.05, 0.1) is 5.92 Å². The van der Waals surface area contributed by atoms with E-state index in [1.165, 1.54) is 6.92 Å². The van der Waals surface area contributed by atoms with E-state index in [-0.39, 0.29) is 0 Å². The van der Waals surface area contributed by atoms with E-state index in [1.807, 2.05) is 0 Å². The topological polar surface area (TPSA) is 161 Å². The highest BCUT2D eigenvalue weighted by Crippen LogP contribution is 2.35. The fourth-order valence-corrected chi connectivity index (χ4v) is 3.43. The first-order chi connectivity index (χ1) is 14.3. The van der Waals surface area contributed by atoms with E-state index >= 15 is 0 Å². The number of carbonyl (C=O) groups excluding carboxylic acids is 6. The number of rotatable bonds is 7. The van der Waals surface area contributed by atoms with E-state index in [2.05, 4.69) is 5.32 Å². The summed E-state index contributed by atoms with van der Waals surface area (Å²) in [6.07, 6.45) is -5.37. The van der Waals surface area contributed by atoms with Crippen LogP contribution in [0.3, 0.4) is 0 Å². The third-order valence-electron chi connectivity index (χ3n) is 4.26. The van der Waals surface area contributed by atoms with Crippen molar-refractivity contribution in [2.24, 2.45) is 5.92 Å². The van der Waals surface area contributed by atoms with Crippen molar-refractivity contribution < 1.29 is 52.5 Å². The molecule has 12 nitrogen and oxygen atoms in total. The van der Waals surface area contributed by atoms with Gasteiger partial charge in [0.25, 0.3) is 0 Å². The summed E-state index contributed by atoms with van der Waals surface area (Å²) in [4.78, 5) is 70.4. The van der Waals surface area contributed by atoms with Crippen molar-refractivity contribution in [2.75, 3.05) is 6.61 Å². The van der Waals surface area contributed by atoms with Gasteiger partial charge in [-0.15, -0.1) is 0 Å². The Morgan fingerprint density at radius 1 is 0.581 bits per heavy atom. The number of ether oxygens (including phenoxy) is 5. The summed E-state index contributed by atoms with van der Waals surface area (Å²) in [5.41, 5.74) is 0. The largest absolute Gasteiger partial charge is 0.465 e. The maximum atomic E-state index is 11.9. The molecule has 0 unspecified atom stereocenters. The Kier molecular flexibility index (Phi) is 9.41. The molecule has 0 aromatic carbocycles. The molecule has 1 N–H and O–H groups in total. The van der Waals surface area contributed by atoms with Gasteiger partial charge in [-0.25, -0.2) is 0 Å². The molecular formula is C19H27NO11. The van der Waals surface area contributed by atoms with Gasteiger partial charge < -0.3 is 29.0 Å². The Hall–Kier alpha value is -3.18. The maximum absolute atomic E-state index is 11.9. The van der Waals surface area contributed by atoms with E-state index < -0.39 is 78.7 Å². The van der Waals surface area contributed by atoms with Crippen LogP contribution in [0.4, 0.5) is 0 Å². The molecule has 12 heteroatoms. The lowest BCUT2D eigenvalue weighted by Gasteiger charge is -2.48. The highest BCUT2D eigenvalue weighted by molar-refractivity contribution is 5.74. The molecule has 174 valence electrons. The van der Waals surface area contributed by atoms with Crippen molar-refractivity contribution >= 4 is 35.8 Å². The zero-order chi connectivity index (χ0) is 23.9. The molecular weight excluding hydrogens is 418 g/mol. The van der Waals surface area contributed by atoms with Gasteiger partial charge >= 0.3 is 29.8 Å². The summed E-state index contributed by atoms with van der Waals surface area (Å²) in [5.74, 6) is -5.44. The summed E-state index contributed by atoms with van der Waals surface area (Å²) in [7, 11) is 0. The molecule has 0 saturated heterocycles. The van der Waals surface area contributed by atoms with Gasteiger partial charge in [-0.2, -0.15) is 0 Å². The predicted molar refractivity (Wildman–Crippen MR) is 99.9 cm³/mol. The number of hydrogen-bond donors (Lipinski definition) is 1. The molecule has 6 atom stereocenters. The second-order valence-electron chi connectivity index (χ2n) is 6.99. The first kappa shape index (κ1) is 25.9. The summed E-state index contributed by atoms with van der Waals surface area (Å²) >= 11 is 0. The van der Waals surface area contributed by atoms with Crippen LogP contribution in [0.15, 0.2) is 0 Å². The lowest BCUT2D eigenvalue weighted by atomic mass is 9.76. The van der Waals surface area contributed by atoms with Crippen LogP contribution in [0, 0.1) is 5.92 Å². The average Bonchev–Trinajstić information content (AvgIpc) is 2.58. The van der Waals surface area contributed by atoms with Crippen LogP contribution in [0.2, 0.25) is 0 Å². The van der Waals surface area contributed by atoms with Crippen LogP contribution in [0.5, 0.6) is 0 Å². The Labute approximate surface area is 178 Å². The van der Waals surface area contributed by atoms with E-state index in [9.17, 15) is 28.8 Å². The lowest BCUT2D eigenvalue weighted by molar-refractivity contribution is -0.224. The first-order valence-electron chi connectivity index (χ1n) is 9.42. The van der Waals surface area contributed by atoms with Gasteiger partial charge in [-0.1, -0.05) is 0 Å². The third kappa shape index (κ3) is 7.87. The van der Waals surface area contributed by atoms with Gasteiger partial charge in [-0.05, 0) is 0 Å². The van der Waals surface area contributed by atoms with Gasteiger partial charge in [0.15, 0.2) is 18.3 Å². The van der Waals surface area contributed by atoms with Crippen LogP contribution in [0.1, 0.15) is 41.5 Å². The zero-order valence-corrected chi connectivity index (χ0v) is 18.2. The molecule has 0 aromatic heterocycles. The molecule has 0 spiro atoms. The van der Waals surface area contributed by atoms with E-state index in [0.29, 0.717) is 0 Å². The van der Waals surface area contributed by atoms with Gasteiger partial charge in [0, 0.05) is 41.5 Å². The molecule has 0 bridgehead atoms. The van der Waals surface area contributed by atoms with E-state index in [4.69, 9.17) is 23.7 Å². The normalized spacial score (nSPS) is 27.3. The smallest absolute Gasteiger partial charge is 0.303 e. The lowest BCUT2D eigenvalue weighted by Crippen LogP contribution is -2.69. The Balaban J connectivity index is 3.64. The molecule has 0 aliphatic heterocycles. The number of nitrogens with one attached hydrogen (secondary N) is 1. The minimum atomic E-state index is -1.39. The number of carbonyl (C=O) groups is 6. The highest BCUT2D eigenvalue weighted by Gasteiger charge is 2.58. The van der Waals surface area contributed by atoms with Crippen LogP contribution in [-0.2, 0) is 52.5 Å². The monoisotopic (exact) mass is 445 g/mol. The van der Waals surface area contributed by atoms with Crippen molar-refractivity contribution in [3.63, 3.8) is 0 Å². The first-order valence-corrected chi connectivity index (χ1v) is 9.42. The zero-order valence-electron chi connectivity index (χ0n) is 18.2. The molecule has 1 aliphatic rings. The summed E-state index contributed by atoms with van der Waals surface area (Å²) in [6, 6.07) is -1.21. The number of amides is 1. The molecule has 0 aromatic rings. The SMILES string of the molecule is CC(=O)N[C@H]1[C@H](OC(C)=O)[C@H](COC(C)=O)[C@@H](OC(C)=O)[C@H](OC(C)=O)[C@H]1OC(C)=O. The summed E-state index contributed by atoms with van der Waals surface area (Å²) < 4.78 is 26.3. The van der Waals surface area contributed by atoms with Crippen LogP contribution >= 0.6 is 0 Å². The molecule has 1 aliphatic carbocycles. The number of esters is 5. The second kappa shape index (κ2) is 11.3. The Morgan fingerprint density at radius 2 is 1.00 bits per heavy atom. The Morgan fingerprint density at radius 3 is 1.42 bits per heavy atom. The summed E-state index contributed by atoms with van der Waals surface area (Å²) in [6.45, 7) is 6.27. The molecule has 31 heavy (non-hydrogen) atoms. The molecule has 1 saturated carbocycles. The molecule has 0 radical (unpaired) electrons. The molecule has 1 amide bonds. The van der Waals surface area contributed by atoms with Gasteiger partial charge in [-0.3, -0.25) is 28.8 Å². The molecule has 1 rings (SSSR count). The van der Waals surface area contributed by atoms with Crippen molar-refractivity contribution in [1.82, 2.24) is 5.32 Å². The maximum Gasteiger partial charge on any atom is 0.303 e. The highest BCUT2D eigenvalue weighted by atomic mass is 16.6. The van der Waals surface area contributed by atoms with Crippen LogP contribution in [0.25, 0.3) is 0 Å². The fraction of sp³-hybridized carbons (Fsp3) is 0.684. The van der Waals surface area contributed by atoms with Crippen LogP contribution < -0.4 is 5.32 Å². The minimum Gasteiger partial charge on any atom is -0.465 e. The predicted octanol–water partition coefficient (Wildman–Crippen LogP) is -0.589. The van der Waals surface area contributed by atoms with Crippen molar-refractivity contribution in [1.29, 1.82) is 0 Å². The molecule has 0 heterocycles. The average molecular weight is 445 g/mol. The van der Waals surface area contributed by atoms with Crippen LogP contribution in [-0.4, -0.2) is 72.8 Å². The quantitative estimate of drug-likeness (QED) is 0.394.